The second-order valence-corrected chi connectivity index (χ2v) is 8.59. The van der Waals surface area contributed by atoms with Gasteiger partial charge in [-0.25, -0.2) is 9.18 Å². The van der Waals surface area contributed by atoms with Gasteiger partial charge in [0.1, 0.15) is 21.3 Å². The first-order valence-corrected chi connectivity index (χ1v) is 11.1. The van der Waals surface area contributed by atoms with Crippen molar-refractivity contribution in [3.8, 4) is 11.1 Å². The number of amides is 1. The Labute approximate surface area is 184 Å². The van der Waals surface area contributed by atoms with Crippen molar-refractivity contribution >= 4 is 61.2 Å². The van der Waals surface area contributed by atoms with Gasteiger partial charge in [-0.3, -0.25) is 4.79 Å². The second-order valence-electron chi connectivity index (χ2n) is 6.28. The van der Waals surface area contributed by atoms with Crippen molar-refractivity contribution in [1.29, 1.82) is 0 Å². The standard InChI is InChI=1S/C22H15ClFNO3S2/c1-2-28-22(27)17-15(12-6-4-3-5-7-12)11-29-21(17)25-20(26)19-18(23)14-9-8-13(24)10-16(14)30-19/h3-11H,2H2,1H3,(H,25,26). The quantitative estimate of drug-likeness (QED) is 0.332. The topological polar surface area (TPSA) is 55.4 Å². The number of ether oxygens (including phenoxy) is 1. The molecule has 2 heterocycles. The summed E-state index contributed by atoms with van der Waals surface area (Å²) in [6.45, 7) is 1.94. The smallest absolute Gasteiger partial charge is 0.341 e. The number of thiophene rings is 2. The van der Waals surface area contributed by atoms with Crippen LogP contribution in [0.4, 0.5) is 9.39 Å². The van der Waals surface area contributed by atoms with Crippen molar-refractivity contribution in [2.75, 3.05) is 11.9 Å². The fourth-order valence-corrected chi connectivity index (χ4v) is 5.42. The lowest BCUT2D eigenvalue weighted by Crippen LogP contribution is -2.14. The van der Waals surface area contributed by atoms with Crippen molar-refractivity contribution in [2.45, 2.75) is 6.92 Å². The van der Waals surface area contributed by atoms with E-state index in [2.05, 4.69) is 5.32 Å². The highest BCUT2D eigenvalue weighted by Gasteiger charge is 2.25. The molecule has 4 aromatic rings. The van der Waals surface area contributed by atoms with E-state index in [-0.39, 0.29) is 16.5 Å². The number of hydrogen-bond donors (Lipinski definition) is 1. The van der Waals surface area contributed by atoms with Gasteiger partial charge in [-0.2, -0.15) is 0 Å². The maximum absolute atomic E-state index is 13.5. The number of carbonyl (C=O) groups excluding carboxylic acids is 2. The minimum absolute atomic E-state index is 0.212. The first-order chi connectivity index (χ1) is 14.5. The average molecular weight is 460 g/mol. The van der Waals surface area contributed by atoms with Gasteiger partial charge in [0.15, 0.2) is 0 Å². The summed E-state index contributed by atoms with van der Waals surface area (Å²) < 4.78 is 19.3. The van der Waals surface area contributed by atoms with E-state index < -0.39 is 17.7 Å². The summed E-state index contributed by atoms with van der Waals surface area (Å²) in [6, 6.07) is 13.6. The van der Waals surface area contributed by atoms with E-state index in [0.29, 0.717) is 26.2 Å². The fraction of sp³-hybridized carbons (Fsp3) is 0.0909. The van der Waals surface area contributed by atoms with Crippen LogP contribution in [0.2, 0.25) is 5.02 Å². The summed E-state index contributed by atoms with van der Waals surface area (Å²) in [7, 11) is 0. The van der Waals surface area contributed by atoms with Crippen molar-refractivity contribution in [3.05, 3.63) is 75.2 Å². The van der Waals surface area contributed by atoms with E-state index in [9.17, 15) is 14.0 Å². The van der Waals surface area contributed by atoms with Gasteiger partial charge in [0, 0.05) is 21.0 Å². The molecular weight excluding hydrogens is 445 g/mol. The molecule has 0 atom stereocenters. The molecule has 0 saturated heterocycles. The molecule has 30 heavy (non-hydrogen) atoms. The van der Waals surface area contributed by atoms with Gasteiger partial charge in [0.25, 0.3) is 5.91 Å². The normalized spacial score (nSPS) is 10.9. The van der Waals surface area contributed by atoms with Crippen LogP contribution in [0.3, 0.4) is 0 Å². The van der Waals surface area contributed by atoms with E-state index in [4.69, 9.17) is 16.3 Å². The Morgan fingerprint density at radius 3 is 2.67 bits per heavy atom. The van der Waals surface area contributed by atoms with Crippen LogP contribution in [-0.2, 0) is 4.74 Å². The van der Waals surface area contributed by atoms with Gasteiger partial charge < -0.3 is 10.1 Å². The maximum Gasteiger partial charge on any atom is 0.341 e. The van der Waals surface area contributed by atoms with Crippen molar-refractivity contribution in [1.82, 2.24) is 0 Å². The van der Waals surface area contributed by atoms with Crippen molar-refractivity contribution < 1.29 is 18.7 Å². The number of rotatable bonds is 5. The third-order valence-corrected chi connectivity index (χ3v) is 6.93. The molecule has 0 saturated carbocycles. The zero-order chi connectivity index (χ0) is 21.3. The van der Waals surface area contributed by atoms with Crippen LogP contribution in [-0.4, -0.2) is 18.5 Å². The second kappa shape index (κ2) is 8.55. The van der Waals surface area contributed by atoms with E-state index in [1.54, 1.807) is 18.4 Å². The minimum Gasteiger partial charge on any atom is -0.462 e. The Morgan fingerprint density at radius 2 is 1.93 bits per heavy atom. The molecule has 1 N–H and O–H groups in total. The number of benzene rings is 2. The van der Waals surface area contributed by atoms with Crippen molar-refractivity contribution in [3.63, 3.8) is 0 Å². The Balaban J connectivity index is 1.72. The number of hydrogen-bond acceptors (Lipinski definition) is 5. The Morgan fingerprint density at radius 1 is 1.17 bits per heavy atom. The summed E-state index contributed by atoms with van der Waals surface area (Å²) in [5, 5.41) is 5.82. The van der Waals surface area contributed by atoms with Crippen LogP contribution in [0.25, 0.3) is 21.2 Å². The highest BCUT2D eigenvalue weighted by atomic mass is 35.5. The highest BCUT2D eigenvalue weighted by molar-refractivity contribution is 7.22. The third-order valence-electron chi connectivity index (χ3n) is 4.38. The SMILES string of the molecule is CCOC(=O)c1c(-c2ccccc2)csc1NC(=O)c1sc2cc(F)ccc2c1Cl. The molecule has 4 rings (SSSR count). The van der Waals surface area contributed by atoms with Gasteiger partial charge in [-0.15, -0.1) is 22.7 Å². The number of carbonyl (C=O) groups is 2. The number of fused-ring (bicyclic) bond motifs is 1. The molecule has 8 heteroatoms. The number of halogens is 2. The molecule has 0 aliphatic heterocycles. The molecule has 0 fully saturated rings. The van der Waals surface area contributed by atoms with Gasteiger partial charge in [0.2, 0.25) is 0 Å². The predicted octanol–water partition coefficient (Wildman–Crippen LogP) is 6.85. The monoisotopic (exact) mass is 459 g/mol. The van der Waals surface area contributed by atoms with Crippen molar-refractivity contribution in [2.24, 2.45) is 0 Å². The Bertz CT molecular complexity index is 1250. The lowest BCUT2D eigenvalue weighted by Gasteiger charge is -2.08. The zero-order valence-corrected chi connectivity index (χ0v) is 18.1. The zero-order valence-electron chi connectivity index (χ0n) is 15.7. The lowest BCUT2D eigenvalue weighted by atomic mass is 10.0. The summed E-state index contributed by atoms with van der Waals surface area (Å²) in [5.41, 5.74) is 1.82. The van der Waals surface area contributed by atoms with Crippen LogP contribution >= 0.6 is 34.3 Å². The fourth-order valence-electron chi connectivity index (χ4n) is 3.03. The maximum atomic E-state index is 13.5. The highest BCUT2D eigenvalue weighted by Crippen LogP contribution is 2.39. The predicted molar refractivity (Wildman–Crippen MR) is 120 cm³/mol. The molecule has 0 aliphatic rings. The number of nitrogens with one attached hydrogen (secondary N) is 1. The molecule has 2 aromatic carbocycles. The third kappa shape index (κ3) is 3.84. The average Bonchev–Trinajstić information content (AvgIpc) is 3.30. The Hall–Kier alpha value is -2.74. The Kier molecular flexibility index (Phi) is 5.85. The largest absolute Gasteiger partial charge is 0.462 e. The summed E-state index contributed by atoms with van der Waals surface area (Å²) >= 11 is 8.69. The summed E-state index contributed by atoms with van der Waals surface area (Å²) in [4.78, 5) is 25.8. The summed E-state index contributed by atoms with van der Waals surface area (Å²) in [6.07, 6.45) is 0. The molecule has 2 aromatic heterocycles. The molecule has 0 unspecified atom stereocenters. The molecule has 0 radical (unpaired) electrons. The number of anilines is 1. The van der Waals surface area contributed by atoms with Crippen LogP contribution in [0, 0.1) is 5.82 Å². The van der Waals surface area contributed by atoms with Crippen LogP contribution < -0.4 is 5.32 Å². The molecule has 0 aliphatic carbocycles. The lowest BCUT2D eigenvalue weighted by molar-refractivity contribution is 0.0529. The molecular formula is C22H15ClFNO3S2. The van der Waals surface area contributed by atoms with Crippen LogP contribution in [0.15, 0.2) is 53.9 Å². The minimum atomic E-state index is -0.516. The van der Waals surface area contributed by atoms with Crippen LogP contribution in [0.1, 0.15) is 27.0 Å². The molecule has 1 amide bonds. The van der Waals surface area contributed by atoms with Crippen LogP contribution in [0.5, 0.6) is 0 Å². The molecule has 0 bridgehead atoms. The molecule has 152 valence electrons. The first kappa shape index (κ1) is 20.5. The van der Waals surface area contributed by atoms with Gasteiger partial charge in [-0.1, -0.05) is 41.9 Å². The van der Waals surface area contributed by atoms with E-state index in [1.807, 2.05) is 30.3 Å². The van der Waals surface area contributed by atoms with Gasteiger partial charge >= 0.3 is 5.97 Å². The van der Waals surface area contributed by atoms with Gasteiger partial charge in [0.05, 0.1) is 11.6 Å². The summed E-state index contributed by atoms with van der Waals surface area (Å²) in [5.74, 6) is -1.38. The molecule has 4 nitrogen and oxygen atoms in total. The van der Waals surface area contributed by atoms with E-state index in [0.717, 1.165) is 16.9 Å². The van der Waals surface area contributed by atoms with E-state index >= 15 is 0 Å². The van der Waals surface area contributed by atoms with E-state index in [1.165, 1.54) is 23.5 Å². The number of esters is 1. The molecule has 0 spiro atoms. The van der Waals surface area contributed by atoms with Gasteiger partial charge in [-0.05, 0) is 30.7 Å². The first-order valence-electron chi connectivity index (χ1n) is 9.02.